The Morgan fingerprint density at radius 1 is 1.45 bits per heavy atom. The van der Waals surface area contributed by atoms with E-state index in [4.69, 9.17) is 0 Å². The summed E-state index contributed by atoms with van der Waals surface area (Å²) in [5.74, 6) is 0. The number of isocyanates is 1. The zero-order valence-electron chi connectivity index (χ0n) is 6.46. The maximum Gasteiger partial charge on any atom is 0.240 e. The number of pyridine rings is 1. The molecule has 11 heavy (non-hydrogen) atoms. The number of rotatable bonds is 1. The van der Waals surface area contributed by atoms with E-state index >= 15 is 0 Å². The van der Waals surface area contributed by atoms with Crippen LogP contribution in [0.2, 0.25) is 0 Å². The molecule has 0 saturated heterocycles. The second kappa shape index (κ2) is 3.08. The molecule has 0 atom stereocenters. The monoisotopic (exact) mass is 148 g/mol. The lowest BCUT2D eigenvalue weighted by molar-refractivity contribution is 0.565. The summed E-state index contributed by atoms with van der Waals surface area (Å²) in [7, 11) is 0. The predicted molar refractivity (Wildman–Crippen MR) is 41.5 cm³/mol. The number of nitrogens with zero attached hydrogens (tertiary/aromatic N) is 2. The minimum absolute atomic E-state index is 0.597. The fourth-order valence-electron chi connectivity index (χ4n) is 0.777. The summed E-state index contributed by atoms with van der Waals surface area (Å²) in [6.07, 6.45) is 4.77. The summed E-state index contributed by atoms with van der Waals surface area (Å²) in [4.78, 5) is 17.3. The molecule has 0 bridgehead atoms. The van der Waals surface area contributed by atoms with Gasteiger partial charge >= 0.3 is 0 Å². The number of aryl methyl sites for hydroxylation is 1. The molecule has 0 saturated carbocycles. The van der Waals surface area contributed by atoms with E-state index in [0.717, 1.165) is 11.1 Å². The first-order chi connectivity index (χ1) is 5.25. The lowest BCUT2D eigenvalue weighted by Crippen LogP contribution is -1.82. The molecule has 0 aliphatic carbocycles. The quantitative estimate of drug-likeness (QED) is 0.449. The van der Waals surface area contributed by atoms with Crippen LogP contribution in [0.25, 0.3) is 0 Å². The zero-order chi connectivity index (χ0) is 8.27. The third kappa shape index (κ3) is 1.51. The van der Waals surface area contributed by atoms with Crippen LogP contribution in [0.4, 0.5) is 5.69 Å². The Labute approximate surface area is 64.8 Å². The van der Waals surface area contributed by atoms with Gasteiger partial charge in [0, 0.05) is 6.20 Å². The Kier molecular flexibility index (Phi) is 2.14. The van der Waals surface area contributed by atoms with Crippen LogP contribution >= 0.6 is 0 Å². The molecule has 0 amide bonds. The van der Waals surface area contributed by atoms with Crippen molar-refractivity contribution in [3.05, 3.63) is 23.5 Å². The Morgan fingerprint density at radius 3 is 2.82 bits per heavy atom. The number of hydrogen-bond acceptors (Lipinski definition) is 3. The van der Waals surface area contributed by atoms with Crippen molar-refractivity contribution < 1.29 is 4.79 Å². The van der Waals surface area contributed by atoms with Crippen LogP contribution in [-0.4, -0.2) is 11.1 Å². The van der Waals surface area contributed by atoms with Gasteiger partial charge < -0.3 is 0 Å². The molecule has 3 nitrogen and oxygen atoms in total. The van der Waals surface area contributed by atoms with Crippen LogP contribution in [0.15, 0.2) is 17.4 Å². The first-order valence-corrected chi connectivity index (χ1v) is 3.25. The van der Waals surface area contributed by atoms with Crippen molar-refractivity contribution in [1.82, 2.24) is 4.98 Å². The molecule has 0 aliphatic rings. The minimum Gasteiger partial charge on any atom is -0.262 e. The van der Waals surface area contributed by atoms with Crippen molar-refractivity contribution >= 4 is 11.8 Å². The predicted octanol–water partition coefficient (Wildman–Crippen LogP) is 1.67. The molecule has 3 heteroatoms. The van der Waals surface area contributed by atoms with Crippen molar-refractivity contribution in [2.45, 2.75) is 13.8 Å². The third-order valence-corrected chi connectivity index (χ3v) is 1.61. The van der Waals surface area contributed by atoms with E-state index in [9.17, 15) is 4.79 Å². The van der Waals surface area contributed by atoms with Crippen LogP contribution in [0, 0.1) is 13.8 Å². The topological polar surface area (TPSA) is 42.3 Å². The largest absolute Gasteiger partial charge is 0.262 e. The van der Waals surface area contributed by atoms with Gasteiger partial charge in [0.2, 0.25) is 6.08 Å². The fourth-order valence-corrected chi connectivity index (χ4v) is 0.777. The van der Waals surface area contributed by atoms with Crippen LogP contribution in [0.1, 0.15) is 11.1 Å². The standard InChI is InChI=1S/C8H8N2O/c1-6-3-9-4-8(7(6)2)10-5-11/h3-4H,1-2H3. The number of aromatic nitrogens is 1. The molecule has 0 unspecified atom stereocenters. The molecule has 1 rings (SSSR count). The molecule has 0 aliphatic heterocycles. The van der Waals surface area contributed by atoms with Crippen molar-refractivity contribution in [2.24, 2.45) is 4.99 Å². The Balaban J connectivity index is 3.26. The molecule has 0 spiro atoms. The molecular weight excluding hydrogens is 140 g/mol. The van der Waals surface area contributed by atoms with Crippen LogP contribution in [0.5, 0.6) is 0 Å². The Bertz CT molecular complexity index is 314. The van der Waals surface area contributed by atoms with Gasteiger partial charge in [-0.2, -0.15) is 4.99 Å². The van der Waals surface area contributed by atoms with E-state index in [2.05, 4.69) is 9.98 Å². The average molecular weight is 148 g/mol. The van der Waals surface area contributed by atoms with Crippen molar-refractivity contribution in [1.29, 1.82) is 0 Å². The molecule has 0 radical (unpaired) electrons. The van der Waals surface area contributed by atoms with Gasteiger partial charge in [0.15, 0.2) is 0 Å². The van der Waals surface area contributed by atoms with E-state index in [1.165, 1.54) is 6.08 Å². The van der Waals surface area contributed by atoms with Crippen LogP contribution < -0.4 is 0 Å². The maximum atomic E-state index is 9.92. The lowest BCUT2D eigenvalue weighted by Gasteiger charge is -1.99. The molecule has 1 aromatic heterocycles. The van der Waals surface area contributed by atoms with Crippen molar-refractivity contribution in [3.63, 3.8) is 0 Å². The van der Waals surface area contributed by atoms with E-state index in [1.807, 2.05) is 13.8 Å². The molecule has 0 fully saturated rings. The molecule has 0 aromatic carbocycles. The highest BCUT2D eigenvalue weighted by Gasteiger charge is 1.97. The summed E-state index contributed by atoms with van der Waals surface area (Å²) in [5.41, 5.74) is 2.60. The number of carbonyl (C=O) groups excluding carboxylic acids is 1. The second-order valence-corrected chi connectivity index (χ2v) is 2.30. The normalized spacial score (nSPS) is 8.91. The van der Waals surface area contributed by atoms with Gasteiger partial charge in [-0.15, -0.1) is 0 Å². The van der Waals surface area contributed by atoms with E-state index in [1.54, 1.807) is 12.4 Å². The highest BCUT2D eigenvalue weighted by atomic mass is 16.1. The van der Waals surface area contributed by atoms with Crippen molar-refractivity contribution in [3.8, 4) is 0 Å². The SMILES string of the molecule is Cc1cncc(N=C=O)c1C. The van der Waals surface area contributed by atoms with Crippen LogP contribution in [-0.2, 0) is 4.79 Å². The van der Waals surface area contributed by atoms with Gasteiger partial charge in [0.25, 0.3) is 0 Å². The van der Waals surface area contributed by atoms with Gasteiger partial charge in [-0.25, -0.2) is 4.79 Å². The van der Waals surface area contributed by atoms with Crippen molar-refractivity contribution in [2.75, 3.05) is 0 Å². The molecule has 0 N–H and O–H groups in total. The fraction of sp³-hybridized carbons (Fsp3) is 0.250. The molecule has 56 valence electrons. The van der Waals surface area contributed by atoms with E-state index in [0.29, 0.717) is 5.69 Å². The van der Waals surface area contributed by atoms with Crippen LogP contribution in [0.3, 0.4) is 0 Å². The lowest BCUT2D eigenvalue weighted by atomic mass is 10.1. The average Bonchev–Trinajstić information content (AvgIpc) is 1.99. The molecule has 1 heterocycles. The second-order valence-electron chi connectivity index (χ2n) is 2.30. The smallest absolute Gasteiger partial charge is 0.240 e. The van der Waals surface area contributed by atoms with Gasteiger partial charge in [-0.05, 0) is 25.0 Å². The first-order valence-electron chi connectivity index (χ1n) is 3.25. The summed E-state index contributed by atoms with van der Waals surface area (Å²) in [6.45, 7) is 3.82. The highest BCUT2D eigenvalue weighted by molar-refractivity contribution is 5.53. The van der Waals surface area contributed by atoms with Gasteiger partial charge in [-0.3, -0.25) is 4.98 Å². The van der Waals surface area contributed by atoms with E-state index in [-0.39, 0.29) is 0 Å². The van der Waals surface area contributed by atoms with Gasteiger partial charge in [0.1, 0.15) is 0 Å². The Morgan fingerprint density at radius 2 is 2.18 bits per heavy atom. The van der Waals surface area contributed by atoms with Gasteiger partial charge in [-0.1, -0.05) is 0 Å². The summed E-state index contributed by atoms with van der Waals surface area (Å²) >= 11 is 0. The highest BCUT2D eigenvalue weighted by Crippen LogP contribution is 2.18. The summed E-state index contributed by atoms with van der Waals surface area (Å²) in [6, 6.07) is 0. The first kappa shape index (κ1) is 7.63. The summed E-state index contributed by atoms with van der Waals surface area (Å²) < 4.78 is 0. The van der Waals surface area contributed by atoms with Gasteiger partial charge in [0.05, 0.1) is 11.9 Å². The number of hydrogen-bond donors (Lipinski definition) is 0. The third-order valence-electron chi connectivity index (χ3n) is 1.61. The molecule has 1 aromatic rings. The zero-order valence-corrected chi connectivity index (χ0v) is 6.46. The Hall–Kier alpha value is -1.47. The van der Waals surface area contributed by atoms with E-state index < -0.39 is 0 Å². The maximum absolute atomic E-state index is 9.92. The summed E-state index contributed by atoms with van der Waals surface area (Å²) in [5, 5.41) is 0. The minimum atomic E-state index is 0.597. The number of aliphatic imine (C=N–C) groups is 1. The molecular formula is C8H8N2O.